The van der Waals surface area contributed by atoms with Crippen molar-refractivity contribution in [1.29, 1.82) is 0 Å². The first kappa shape index (κ1) is 23.5. The molecule has 0 spiro atoms. The average molecular weight is 500 g/mol. The molecule has 1 saturated carbocycles. The Hall–Kier alpha value is -2.87. The van der Waals surface area contributed by atoms with Gasteiger partial charge in [-0.05, 0) is 38.6 Å². The lowest BCUT2D eigenvalue weighted by atomic mass is 10.1. The van der Waals surface area contributed by atoms with Gasteiger partial charge in [-0.1, -0.05) is 13.8 Å². The van der Waals surface area contributed by atoms with Crippen LogP contribution in [0.15, 0.2) is 10.7 Å². The van der Waals surface area contributed by atoms with Crippen LogP contribution >= 0.6 is 0 Å². The molecule has 194 valence electrons. The number of aromatic nitrogens is 6. The SMILES string of the molecule is CCC(CC)Nc1nc(N[C@@H]2CCNC2)nc2c1ncn2[C@@H]1O[C@H](c2nnc(C3CC3)o2)[C@@H](O)[C@H]1O. The number of nitrogens with one attached hydrogen (secondary N) is 3. The number of imidazole rings is 1. The molecule has 0 aromatic carbocycles. The van der Waals surface area contributed by atoms with Gasteiger partial charge in [0.25, 0.3) is 0 Å². The van der Waals surface area contributed by atoms with Gasteiger partial charge in [-0.3, -0.25) is 4.57 Å². The molecule has 13 heteroatoms. The topological polar surface area (TPSA) is 168 Å². The van der Waals surface area contributed by atoms with Gasteiger partial charge in [-0.2, -0.15) is 9.97 Å². The third-order valence-electron chi connectivity index (χ3n) is 7.28. The zero-order valence-corrected chi connectivity index (χ0v) is 20.5. The number of aliphatic hydroxyl groups is 2. The fraction of sp³-hybridized carbons (Fsp3) is 0.696. The van der Waals surface area contributed by atoms with Crippen molar-refractivity contribution in [3.8, 4) is 0 Å². The molecular formula is C23H33N9O4. The standard InChI is InChI=1S/C23H33N9O4/c1-3-12(4-2)26-18-14-19(29-23(28-18)27-13-7-8-24-9-13)32(10-25-14)22-16(34)15(33)17(35-22)21-31-30-20(36-21)11-5-6-11/h10-13,15-17,22,24,33-34H,3-9H2,1-2H3,(H2,26,27,28,29)/t13-,15+,16-,17+,22-/m1/s1. The highest BCUT2D eigenvalue weighted by molar-refractivity contribution is 5.84. The number of nitrogens with zero attached hydrogens (tertiary/aromatic N) is 6. The average Bonchev–Trinajstić information content (AvgIpc) is 3.24. The van der Waals surface area contributed by atoms with Crippen LogP contribution < -0.4 is 16.0 Å². The Bertz CT molecular complexity index is 1200. The van der Waals surface area contributed by atoms with Crippen LogP contribution in [0.25, 0.3) is 11.2 Å². The van der Waals surface area contributed by atoms with Gasteiger partial charge in [-0.25, -0.2) is 4.98 Å². The van der Waals surface area contributed by atoms with Crippen molar-refractivity contribution in [2.75, 3.05) is 23.7 Å². The number of anilines is 2. The number of hydrogen-bond acceptors (Lipinski definition) is 12. The quantitative estimate of drug-likeness (QED) is 0.288. The van der Waals surface area contributed by atoms with Gasteiger partial charge in [-0.15, -0.1) is 10.2 Å². The van der Waals surface area contributed by atoms with E-state index in [1.165, 1.54) is 0 Å². The molecule has 2 saturated heterocycles. The molecule has 0 amide bonds. The van der Waals surface area contributed by atoms with E-state index in [9.17, 15) is 10.2 Å². The molecule has 5 atom stereocenters. The Morgan fingerprint density at radius 2 is 1.92 bits per heavy atom. The predicted octanol–water partition coefficient (Wildman–Crippen LogP) is 1.45. The molecular weight excluding hydrogens is 466 g/mol. The van der Waals surface area contributed by atoms with E-state index in [2.05, 4.69) is 45.0 Å². The minimum Gasteiger partial charge on any atom is -0.422 e. The molecule has 3 aliphatic rings. The first-order chi connectivity index (χ1) is 17.6. The Kier molecular flexibility index (Phi) is 6.23. The van der Waals surface area contributed by atoms with Crippen LogP contribution in [0.2, 0.25) is 0 Å². The van der Waals surface area contributed by atoms with Crippen molar-refractivity contribution >= 4 is 22.9 Å². The highest BCUT2D eigenvalue weighted by atomic mass is 16.6. The van der Waals surface area contributed by atoms with Gasteiger partial charge in [0.2, 0.25) is 17.7 Å². The highest BCUT2D eigenvalue weighted by Crippen LogP contribution is 2.43. The molecule has 3 aromatic rings. The molecule has 2 aliphatic heterocycles. The molecule has 0 radical (unpaired) electrons. The Morgan fingerprint density at radius 3 is 2.64 bits per heavy atom. The molecule has 5 N–H and O–H groups in total. The molecule has 3 aromatic heterocycles. The number of hydrogen-bond donors (Lipinski definition) is 5. The molecule has 36 heavy (non-hydrogen) atoms. The summed E-state index contributed by atoms with van der Waals surface area (Å²) in [5, 5.41) is 40.1. The lowest BCUT2D eigenvalue weighted by Gasteiger charge is -2.19. The summed E-state index contributed by atoms with van der Waals surface area (Å²) in [5.41, 5.74) is 1.06. The van der Waals surface area contributed by atoms with E-state index < -0.39 is 24.5 Å². The molecule has 0 bridgehead atoms. The normalized spacial score (nSPS) is 28.4. The van der Waals surface area contributed by atoms with Crippen LogP contribution in [-0.2, 0) is 4.74 Å². The first-order valence-electron chi connectivity index (χ1n) is 12.9. The second kappa shape index (κ2) is 9.54. The highest BCUT2D eigenvalue weighted by Gasteiger charge is 2.48. The smallest absolute Gasteiger partial charge is 0.248 e. The van der Waals surface area contributed by atoms with Crippen LogP contribution in [0, 0.1) is 0 Å². The van der Waals surface area contributed by atoms with Gasteiger partial charge in [0.1, 0.15) is 12.2 Å². The Balaban J connectivity index is 1.33. The van der Waals surface area contributed by atoms with E-state index in [4.69, 9.17) is 19.1 Å². The summed E-state index contributed by atoms with van der Waals surface area (Å²) in [6, 6.07) is 0.449. The third-order valence-corrected chi connectivity index (χ3v) is 7.28. The number of rotatable bonds is 9. The van der Waals surface area contributed by atoms with Gasteiger partial charge < -0.3 is 35.3 Å². The molecule has 5 heterocycles. The van der Waals surface area contributed by atoms with Gasteiger partial charge in [0.15, 0.2) is 29.3 Å². The maximum Gasteiger partial charge on any atom is 0.248 e. The van der Waals surface area contributed by atoms with Gasteiger partial charge >= 0.3 is 0 Å². The van der Waals surface area contributed by atoms with Gasteiger partial charge in [0, 0.05) is 24.5 Å². The van der Waals surface area contributed by atoms with E-state index in [1.807, 2.05) is 0 Å². The van der Waals surface area contributed by atoms with E-state index in [0.29, 0.717) is 28.8 Å². The monoisotopic (exact) mass is 499 g/mol. The van der Waals surface area contributed by atoms with Crippen molar-refractivity contribution in [1.82, 2.24) is 35.0 Å². The van der Waals surface area contributed by atoms with Crippen LogP contribution in [0.4, 0.5) is 11.8 Å². The van der Waals surface area contributed by atoms with Crippen LogP contribution in [-0.4, -0.2) is 77.3 Å². The van der Waals surface area contributed by atoms with E-state index in [-0.39, 0.29) is 23.9 Å². The second-order valence-electron chi connectivity index (χ2n) is 9.89. The fourth-order valence-corrected chi connectivity index (χ4v) is 4.86. The number of fused-ring (bicyclic) bond motifs is 1. The maximum absolute atomic E-state index is 10.9. The summed E-state index contributed by atoms with van der Waals surface area (Å²) in [6.07, 6.45) is 2.05. The summed E-state index contributed by atoms with van der Waals surface area (Å²) < 4.78 is 13.5. The molecule has 13 nitrogen and oxygen atoms in total. The van der Waals surface area contributed by atoms with Crippen molar-refractivity contribution < 1.29 is 19.4 Å². The Labute approximate surface area is 208 Å². The first-order valence-corrected chi connectivity index (χ1v) is 12.9. The largest absolute Gasteiger partial charge is 0.422 e. The van der Waals surface area contributed by atoms with Crippen LogP contribution in [0.5, 0.6) is 0 Å². The van der Waals surface area contributed by atoms with Crippen molar-refractivity contribution in [2.24, 2.45) is 0 Å². The minimum atomic E-state index is -1.25. The zero-order chi connectivity index (χ0) is 24.8. The fourth-order valence-electron chi connectivity index (χ4n) is 4.86. The summed E-state index contributed by atoms with van der Waals surface area (Å²) >= 11 is 0. The summed E-state index contributed by atoms with van der Waals surface area (Å²) in [5.74, 6) is 2.09. The van der Waals surface area contributed by atoms with Gasteiger partial charge in [0.05, 0.1) is 6.33 Å². The van der Waals surface area contributed by atoms with Crippen LogP contribution in [0.3, 0.4) is 0 Å². The molecule has 6 rings (SSSR count). The molecule has 3 fully saturated rings. The second-order valence-corrected chi connectivity index (χ2v) is 9.89. The third kappa shape index (κ3) is 4.29. The Morgan fingerprint density at radius 1 is 1.11 bits per heavy atom. The maximum atomic E-state index is 10.9. The van der Waals surface area contributed by atoms with Crippen LogP contribution in [0.1, 0.15) is 76.0 Å². The van der Waals surface area contributed by atoms with Crippen molar-refractivity contribution in [3.05, 3.63) is 18.1 Å². The van der Waals surface area contributed by atoms with E-state index >= 15 is 0 Å². The predicted molar refractivity (Wildman–Crippen MR) is 129 cm³/mol. The number of ether oxygens (including phenoxy) is 1. The van der Waals surface area contributed by atoms with E-state index in [0.717, 1.165) is 45.2 Å². The van der Waals surface area contributed by atoms with Crippen molar-refractivity contribution in [2.45, 2.75) is 88.5 Å². The summed E-state index contributed by atoms with van der Waals surface area (Å²) in [4.78, 5) is 14.0. The lowest BCUT2D eigenvalue weighted by Crippen LogP contribution is -2.29. The van der Waals surface area contributed by atoms with Crippen molar-refractivity contribution in [3.63, 3.8) is 0 Å². The summed E-state index contributed by atoms with van der Waals surface area (Å²) in [7, 11) is 0. The molecule has 0 unspecified atom stereocenters. The minimum absolute atomic E-state index is 0.164. The molecule has 1 aliphatic carbocycles. The lowest BCUT2D eigenvalue weighted by molar-refractivity contribution is -0.0439. The number of aliphatic hydroxyl groups excluding tert-OH is 2. The summed E-state index contributed by atoms with van der Waals surface area (Å²) in [6.45, 7) is 6.02. The van der Waals surface area contributed by atoms with E-state index in [1.54, 1.807) is 10.9 Å². The zero-order valence-electron chi connectivity index (χ0n) is 20.5.